The van der Waals surface area contributed by atoms with Crippen LogP contribution in [0.15, 0.2) is 29.8 Å². The predicted octanol–water partition coefficient (Wildman–Crippen LogP) is 3.45. The van der Waals surface area contributed by atoms with Crippen molar-refractivity contribution >= 4 is 23.2 Å². The maximum absolute atomic E-state index is 12.1. The number of carbonyl (C=O) groups is 1. The van der Waals surface area contributed by atoms with Gasteiger partial charge in [0.05, 0.1) is 12.6 Å². The average molecular weight is 291 g/mol. The maximum atomic E-state index is 12.1. The third kappa shape index (κ3) is 2.48. The highest BCUT2D eigenvalue weighted by Crippen LogP contribution is 2.37. The smallest absolute Gasteiger partial charge is 0.240 e. The molecule has 20 heavy (non-hydrogen) atoms. The third-order valence-electron chi connectivity index (χ3n) is 4.19. The van der Waals surface area contributed by atoms with Gasteiger partial charge >= 0.3 is 0 Å². The van der Waals surface area contributed by atoms with Crippen molar-refractivity contribution in [1.82, 2.24) is 5.32 Å². The van der Waals surface area contributed by atoms with Gasteiger partial charge in [0.15, 0.2) is 0 Å². The van der Waals surface area contributed by atoms with Gasteiger partial charge in [0.25, 0.3) is 0 Å². The fourth-order valence-corrected chi connectivity index (χ4v) is 3.25. The second-order valence-electron chi connectivity index (χ2n) is 5.49. The number of likely N-dealkylation sites (N-methyl/N-ethyl adjacent to an activating group) is 1. The van der Waals surface area contributed by atoms with Crippen molar-refractivity contribution in [1.29, 1.82) is 0 Å². The second-order valence-corrected chi connectivity index (χ2v) is 5.93. The molecule has 3 rings (SSSR count). The standard InChI is InChI=1S/C16H19ClN2O/c1-19-14-8-7-12(17)9-13(14)16(18-10-15(19)20)11-5-3-2-4-6-11/h5,7-9,16,18H,2-4,6,10H2,1H3/t16-/m0/s1. The zero-order valence-electron chi connectivity index (χ0n) is 11.7. The summed E-state index contributed by atoms with van der Waals surface area (Å²) in [5.41, 5.74) is 3.46. The normalized spacial score (nSPS) is 23.1. The molecule has 1 heterocycles. The lowest BCUT2D eigenvalue weighted by molar-refractivity contribution is -0.117. The number of hydrogen-bond donors (Lipinski definition) is 1. The van der Waals surface area contributed by atoms with Gasteiger partial charge in [-0.15, -0.1) is 0 Å². The lowest BCUT2D eigenvalue weighted by Gasteiger charge is -2.25. The molecule has 4 heteroatoms. The van der Waals surface area contributed by atoms with E-state index in [1.54, 1.807) is 4.90 Å². The van der Waals surface area contributed by atoms with E-state index < -0.39 is 0 Å². The quantitative estimate of drug-likeness (QED) is 0.804. The fourth-order valence-electron chi connectivity index (χ4n) is 3.07. The summed E-state index contributed by atoms with van der Waals surface area (Å²) in [6.45, 7) is 0.366. The van der Waals surface area contributed by atoms with E-state index in [1.165, 1.54) is 18.4 Å². The van der Waals surface area contributed by atoms with Crippen LogP contribution < -0.4 is 10.2 Å². The summed E-state index contributed by atoms with van der Waals surface area (Å²) in [5.74, 6) is 0.0903. The molecule has 106 valence electrons. The number of nitrogens with one attached hydrogen (secondary N) is 1. The van der Waals surface area contributed by atoms with Gasteiger partial charge in [-0.1, -0.05) is 23.3 Å². The largest absolute Gasteiger partial charge is 0.314 e. The Balaban J connectivity index is 2.07. The topological polar surface area (TPSA) is 32.3 Å². The molecule has 0 fully saturated rings. The van der Waals surface area contributed by atoms with Crippen LogP contribution in [-0.2, 0) is 4.79 Å². The first-order valence-corrected chi connectivity index (χ1v) is 7.53. The summed E-state index contributed by atoms with van der Waals surface area (Å²) in [4.78, 5) is 13.8. The highest BCUT2D eigenvalue weighted by molar-refractivity contribution is 6.30. The molecule has 1 aliphatic carbocycles. The van der Waals surface area contributed by atoms with Crippen molar-refractivity contribution < 1.29 is 4.79 Å². The Morgan fingerprint density at radius 1 is 1.35 bits per heavy atom. The van der Waals surface area contributed by atoms with Gasteiger partial charge in [-0.05, 0) is 49.4 Å². The van der Waals surface area contributed by atoms with Gasteiger partial charge in [-0.25, -0.2) is 0 Å². The summed E-state index contributed by atoms with van der Waals surface area (Å²) >= 11 is 6.17. The Hall–Kier alpha value is -1.32. The molecule has 1 amide bonds. The van der Waals surface area contributed by atoms with Crippen molar-refractivity contribution in [3.8, 4) is 0 Å². The van der Waals surface area contributed by atoms with Gasteiger partial charge in [0, 0.05) is 17.8 Å². The number of halogens is 1. The summed E-state index contributed by atoms with van der Waals surface area (Å²) < 4.78 is 0. The molecule has 0 radical (unpaired) electrons. The molecule has 3 nitrogen and oxygen atoms in total. The van der Waals surface area contributed by atoms with Crippen molar-refractivity contribution in [3.63, 3.8) is 0 Å². The summed E-state index contributed by atoms with van der Waals surface area (Å²) in [6, 6.07) is 5.89. The van der Waals surface area contributed by atoms with E-state index in [-0.39, 0.29) is 11.9 Å². The van der Waals surface area contributed by atoms with E-state index in [0.29, 0.717) is 6.54 Å². The minimum Gasteiger partial charge on any atom is -0.314 e. The Kier molecular flexibility index (Phi) is 3.81. The Morgan fingerprint density at radius 3 is 2.95 bits per heavy atom. The Labute approximate surface area is 124 Å². The fraction of sp³-hybridized carbons (Fsp3) is 0.438. The molecule has 1 aliphatic heterocycles. The van der Waals surface area contributed by atoms with Crippen LogP contribution >= 0.6 is 11.6 Å². The number of nitrogens with zero attached hydrogens (tertiary/aromatic N) is 1. The predicted molar refractivity (Wildman–Crippen MR) is 82.2 cm³/mol. The molecule has 0 unspecified atom stereocenters. The van der Waals surface area contributed by atoms with E-state index in [2.05, 4.69) is 11.4 Å². The molecule has 1 aromatic carbocycles. The minimum atomic E-state index is 0.0903. The molecule has 0 spiro atoms. The van der Waals surface area contributed by atoms with Crippen molar-refractivity contribution in [2.24, 2.45) is 0 Å². The van der Waals surface area contributed by atoms with E-state index in [1.807, 2.05) is 25.2 Å². The van der Waals surface area contributed by atoms with Crippen LogP contribution in [0.3, 0.4) is 0 Å². The van der Waals surface area contributed by atoms with Crippen LogP contribution in [0, 0.1) is 0 Å². The molecule has 0 saturated carbocycles. The average Bonchev–Trinajstić information content (AvgIpc) is 2.58. The number of anilines is 1. The molecule has 2 aliphatic rings. The van der Waals surface area contributed by atoms with E-state index >= 15 is 0 Å². The highest BCUT2D eigenvalue weighted by atomic mass is 35.5. The first kappa shape index (κ1) is 13.7. The summed E-state index contributed by atoms with van der Waals surface area (Å²) in [7, 11) is 1.83. The maximum Gasteiger partial charge on any atom is 0.240 e. The molecule has 1 N–H and O–H groups in total. The number of hydrogen-bond acceptors (Lipinski definition) is 2. The molecule has 1 atom stereocenters. The SMILES string of the molecule is CN1C(=O)CN[C@@H](C2=CCCCC2)c2cc(Cl)ccc21. The van der Waals surface area contributed by atoms with Crippen molar-refractivity contribution in [2.45, 2.75) is 31.7 Å². The van der Waals surface area contributed by atoms with Gasteiger partial charge in [-0.2, -0.15) is 0 Å². The summed E-state index contributed by atoms with van der Waals surface area (Å²) in [6.07, 6.45) is 7.04. The monoisotopic (exact) mass is 290 g/mol. The van der Waals surface area contributed by atoms with Crippen LogP contribution in [-0.4, -0.2) is 19.5 Å². The van der Waals surface area contributed by atoms with Gasteiger partial charge in [-0.3, -0.25) is 10.1 Å². The van der Waals surface area contributed by atoms with Crippen LogP contribution in [0.4, 0.5) is 5.69 Å². The van der Waals surface area contributed by atoms with Crippen LogP contribution in [0.5, 0.6) is 0 Å². The number of amides is 1. The van der Waals surface area contributed by atoms with Crippen LogP contribution in [0.1, 0.15) is 37.3 Å². The first-order chi connectivity index (χ1) is 9.66. The summed E-state index contributed by atoms with van der Waals surface area (Å²) in [5, 5.41) is 4.11. The van der Waals surface area contributed by atoms with E-state index in [4.69, 9.17) is 11.6 Å². The van der Waals surface area contributed by atoms with Crippen LogP contribution in [0.2, 0.25) is 5.02 Å². The Bertz CT molecular complexity index is 568. The zero-order chi connectivity index (χ0) is 14.1. The van der Waals surface area contributed by atoms with E-state index in [0.717, 1.165) is 29.1 Å². The molecular weight excluding hydrogens is 272 g/mol. The molecule has 0 aromatic heterocycles. The number of carbonyl (C=O) groups excluding carboxylic acids is 1. The van der Waals surface area contributed by atoms with Gasteiger partial charge in [0.2, 0.25) is 5.91 Å². The van der Waals surface area contributed by atoms with Crippen molar-refractivity contribution in [3.05, 3.63) is 40.4 Å². The molecule has 0 bridgehead atoms. The van der Waals surface area contributed by atoms with Crippen molar-refractivity contribution in [2.75, 3.05) is 18.5 Å². The van der Waals surface area contributed by atoms with Gasteiger partial charge < -0.3 is 4.90 Å². The molecule has 1 aromatic rings. The number of allylic oxidation sites excluding steroid dienone is 1. The minimum absolute atomic E-state index is 0.0903. The first-order valence-electron chi connectivity index (χ1n) is 7.15. The Morgan fingerprint density at radius 2 is 2.20 bits per heavy atom. The third-order valence-corrected chi connectivity index (χ3v) is 4.43. The molecule has 0 saturated heterocycles. The molecular formula is C16H19ClN2O. The highest BCUT2D eigenvalue weighted by Gasteiger charge is 2.28. The van der Waals surface area contributed by atoms with E-state index in [9.17, 15) is 4.79 Å². The van der Waals surface area contributed by atoms with Crippen LogP contribution in [0.25, 0.3) is 0 Å². The zero-order valence-corrected chi connectivity index (χ0v) is 12.4. The second kappa shape index (κ2) is 5.58. The number of rotatable bonds is 1. The van der Waals surface area contributed by atoms with Gasteiger partial charge in [0.1, 0.15) is 0 Å². The number of benzene rings is 1. The lowest BCUT2D eigenvalue weighted by Crippen LogP contribution is -2.33. The lowest BCUT2D eigenvalue weighted by atomic mass is 9.89. The number of fused-ring (bicyclic) bond motifs is 1.